The van der Waals surface area contributed by atoms with Gasteiger partial charge in [-0.3, -0.25) is 4.79 Å². The van der Waals surface area contributed by atoms with Gasteiger partial charge in [0.05, 0.1) is 0 Å². The van der Waals surface area contributed by atoms with Gasteiger partial charge in [-0.05, 0) is 17.5 Å². The third-order valence-electron chi connectivity index (χ3n) is 2.92. The first kappa shape index (κ1) is 10.9. The average Bonchev–Trinajstić information content (AvgIpc) is 2.69. The number of hydrogen-bond donors (Lipinski definition) is 0. The standard InChI is InChI=1S/C14H17NO/c1-11(2)14(16)8-10-15-9-7-12-5-3-4-6-13(12)15/h3-7,9,11H,8,10H2,1-2H3. The minimum Gasteiger partial charge on any atom is -0.347 e. The molecule has 0 saturated heterocycles. The van der Waals surface area contributed by atoms with E-state index in [0.717, 1.165) is 6.54 Å². The lowest BCUT2D eigenvalue weighted by molar-refractivity contribution is -0.122. The van der Waals surface area contributed by atoms with Crippen LogP contribution in [0.1, 0.15) is 20.3 Å². The zero-order valence-corrected chi connectivity index (χ0v) is 9.81. The van der Waals surface area contributed by atoms with Gasteiger partial charge in [-0.2, -0.15) is 0 Å². The number of hydrogen-bond acceptors (Lipinski definition) is 1. The summed E-state index contributed by atoms with van der Waals surface area (Å²) in [7, 11) is 0. The van der Waals surface area contributed by atoms with Crippen LogP contribution in [-0.4, -0.2) is 10.4 Å². The normalized spacial score (nSPS) is 11.2. The summed E-state index contributed by atoms with van der Waals surface area (Å²) in [6, 6.07) is 10.3. The molecule has 16 heavy (non-hydrogen) atoms. The van der Waals surface area contributed by atoms with Crippen LogP contribution in [-0.2, 0) is 11.3 Å². The fraction of sp³-hybridized carbons (Fsp3) is 0.357. The summed E-state index contributed by atoms with van der Waals surface area (Å²) in [6.45, 7) is 4.69. The summed E-state index contributed by atoms with van der Waals surface area (Å²) in [6.07, 6.45) is 2.68. The molecule has 0 spiro atoms. The fourth-order valence-corrected chi connectivity index (χ4v) is 1.85. The Bertz CT molecular complexity index is 496. The molecule has 84 valence electrons. The van der Waals surface area contributed by atoms with Gasteiger partial charge in [-0.1, -0.05) is 32.0 Å². The lowest BCUT2D eigenvalue weighted by Crippen LogP contribution is -2.10. The lowest BCUT2D eigenvalue weighted by Gasteiger charge is -2.06. The molecule has 0 saturated carbocycles. The van der Waals surface area contributed by atoms with E-state index in [1.807, 2.05) is 26.0 Å². The first-order valence-corrected chi connectivity index (χ1v) is 5.75. The molecule has 1 aromatic heterocycles. The average molecular weight is 215 g/mol. The molecule has 2 nitrogen and oxygen atoms in total. The Hall–Kier alpha value is -1.57. The van der Waals surface area contributed by atoms with Gasteiger partial charge < -0.3 is 4.57 Å². The highest BCUT2D eigenvalue weighted by molar-refractivity contribution is 5.82. The van der Waals surface area contributed by atoms with Crippen molar-refractivity contribution < 1.29 is 4.79 Å². The maximum absolute atomic E-state index is 11.6. The largest absolute Gasteiger partial charge is 0.347 e. The summed E-state index contributed by atoms with van der Waals surface area (Å²) in [5.41, 5.74) is 1.21. The highest BCUT2D eigenvalue weighted by Crippen LogP contribution is 2.15. The van der Waals surface area contributed by atoms with Gasteiger partial charge in [-0.25, -0.2) is 0 Å². The number of nitrogens with zero attached hydrogens (tertiary/aromatic N) is 1. The van der Waals surface area contributed by atoms with Crippen LogP contribution in [0.15, 0.2) is 36.5 Å². The summed E-state index contributed by atoms with van der Waals surface area (Å²) in [5.74, 6) is 0.472. The first-order valence-electron chi connectivity index (χ1n) is 5.75. The van der Waals surface area contributed by atoms with Crippen molar-refractivity contribution in [3.63, 3.8) is 0 Å². The number of aryl methyl sites for hydroxylation is 1. The summed E-state index contributed by atoms with van der Waals surface area (Å²) in [5, 5.41) is 1.24. The second kappa shape index (κ2) is 4.52. The van der Waals surface area contributed by atoms with Crippen LogP contribution in [0, 0.1) is 5.92 Å². The van der Waals surface area contributed by atoms with Crippen LogP contribution >= 0.6 is 0 Å². The lowest BCUT2D eigenvalue weighted by atomic mass is 10.1. The van der Waals surface area contributed by atoms with E-state index >= 15 is 0 Å². The van der Waals surface area contributed by atoms with Gasteiger partial charge in [0.1, 0.15) is 5.78 Å². The molecule has 1 heterocycles. The van der Waals surface area contributed by atoms with Gasteiger partial charge >= 0.3 is 0 Å². The zero-order chi connectivity index (χ0) is 11.5. The number of fused-ring (bicyclic) bond motifs is 1. The van der Waals surface area contributed by atoms with E-state index in [-0.39, 0.29) is 5.92 Å². The van der Waals surface area contributed by atoms with E-state index in [1.165, 1.54) is 10.9 Å². The second-order valence-electron chi connectivity index (χ2n) is 4.44. The van der Waals surface area contributed by atoms with Crippen LogP contribution in [0.5, 0.6) is 0 Å². The molecule has 0 radical (unpaired) electrons. The number of carbonyl (C=O) groups excluding carboxylic acids is 1. The van der Waals surface area contributed by atoms with Crippen LogP contribution in [0.2, 0.25) is 0 Å². The van der Waals surface area contributed by atoms with Crippen LogP contribution in [0.3, 0.4) is 0 Å². The minimum atomic E-state index is 0.141. The number of rotatable bonds is 4. The number of para-hydroxylation sites is 1. The van der Waals surface area contributed by atoms with Gasteiger partial charge in [0.25, 0.3) is 0 Å². The Kier molecular flexibility index (Phi) is 3.09. The summed E-state index contributed by atoms with van der Waals surface area (Å²) >= 11 is 0. The number of aromatic nitrogens is 1. The highest BCUT2D eigenvalue weighted by Gasteiger charge is 2.07. The van der Waals surface area contributed by atoms with Crippen molar-refractivity contribution in [3.8, 4) is 0 Å². The molecule has 0 atom stereocenters. The van der Waals surface area contributed by atoms with Gasteiger partial charge in [0.2, 0.25) is 0 Å². The smallest absolute Gasteiger partial charge is 0.137 e. The molecule has 0 aliphatic heterocycles. The molecule has 2 aromatic rings. The van der Waals surface area contributed by atoms with Crippen molar-refractivity contribution >= 4 is 16.7 Å². The third kappa shape index (κ3) is 2.16. The minimum absolute atomic E-state index is 0.141. The van der Waals surface area contributed by atoms with Gasteiger partial charge in [0.15, 0.2) is 0 Å². The van der Waals surface area contributed by atoms with Crippen LogP contribution in [0.25, 0.3) is 10.9 Å². The molecule has 0 bridgehead atoms. The first-order chi connectivity index (χ1) is 7.68. The Morgan fingerprint density at radius 2 is 2.00 bits per heavy atom. The van der Waals surface area contributed by atoms with Gasteiger partial charge in [-0.15, -0.1) is 0 Å². The quantitative estimate of drug-likeness (QED) is 0.767. The van der Waals surface area contributed by atoms with E-state index in [2.05, 4.69) is 29.0 Å². The Labute approximate surface area is 95.9 Å². The molecule has 2 heteroatoms. The van der Waals surface area contributed by atoms with E-state index < -0.39 is 0 Å². The van der Waals surface area contributed by atoms with Crippen molar-refractivity contribution in [2.45, 2.75) is 26.8 Å². The Morgan fingerprint density at radius 3 is 2.75 bits per heavy atom. The molecule has 2 rings (SSSR count). The summed E-state index contributed by atoms with van der Waals surface area (Å²) in [4.78, 5) is 11.6. The Morgan fingerprint density at radius 1 is 1.25 bits per heavy atom. The predicted molar refractivity (Wildman–Crippen MR) is 66.4 cm³/mol. The molecule has 0 aliphatic rings. The molecular weight excluding hydrogens is 198 g/mol. The van der Waals surface area contributed by atoms with E-state index in [0.29, 0.717) is 12.2 Å². The van der Waals surface area contributed by atoms with Crippen molar-refractivity contribution in [1.82, 2.24) is 4.57 Å². The summed E-state index contributed by atoms with van der Waals surface area (Å²) < 4.78 is 2.15. The third-order valence-corrected chi connectivity index (χ3v) is 2.92. The Balaban J connectivity index is 2.13. The van der Waals surface area contributed by atoms with E-state index in [9.17, 15) is 4.79 Å². The maximum Gasteiger partial charge on any atom is 0.137 e. The predicted octanol–water partition coefficient (Wildman–Crippen LogP) is 3.26. The van der Waals surface area contributed by atoms with Crippen LogP contribution < -0.4 is 0 Å². The monoisotopic (exact) mass is 215 g/mol. The van der Waals surface area contributed by atoms with Crippen molar-refractivity contribution in [3.05, 3.63) is 36.5 Å². The van der Waals surface area contributed by atoms with Crippen molar-refractivity contribution in [2.24, 2.45) is 5.92 Å². The molecule has 0 N–H and O–H groups in total. The molecule has 0 aliphatic carbocycles. The zero-order valence-electron chi connectivity index (χ0n) is 9.81. The highest BCUT2D eigenvalue weighted by atomic mass is 16.1. The topological polar surface area (TPSA) is 22.0 Å². The van der Waals surface area contributed by atoms with Crippen molar-refractivity contribution in [2.75, 3.05) is 0 Å². The molecule has 0 unspecified atom stereocenters. The number of ketones is 1. The van der Waals surface area contributed by atoms with E-state index in [1.54, 1.807) is 0 Å². The number of carbonyl (C=O) groups is 1. The number of benzene rings is 1. The fourth-order valence-electron chi connectivity index (χ4n) is 1.85. The van der Waals surface area contributed by atoms with Gasteiger partial charge in [0, 0.05) is 30.6 Å². The molecule has 0 amide bonds. The number of Topliss-reactive ketones (excluding diaryl/α,β-unsaturated/α-hetero) is 1. The maximum atomic E-state index is 11.6. The SMILES string of the molecule is CC(C)C(=O)CCn1ccc2ccccc21. The second-order valence-corrected chi connectivity index (χ2v) is 4.44. The molecule has 0 fully saturated rings. The van der Waals surface area contributed by atoms with Crippen LogP contribution in [0.4, 0.5) is 0 Å². The van der Waals surface area contributed by atoms with E-state index in [4.69, 9.17) is 0 Å². The molecular formula is C14H17NO. The van der Waals surface area contributed by atoms with Crippen molar-refractivity contribution in [1.29, 1.82) is 0 Å². The molecule has 1 aromatic carbocycles.